The third-order valence-electron chi connectivity index (χ3n) is 5.86. The van der Waals surface area contributed by atoms with Crippen LogP contribution in [-0.2, 0) is 26.2 Å². The van der Waals surface area contributed by atoms with Crippen molar-refractivity contribution in [2.24, 2.45) is 0 Å². The molecule has 0 spiro atoms. The highest BCUT2D eigenvalue weighted by molar-refractivity contribution is 9.10. The summed E-state index contributed by atoms with van der Waals surface area (Å²) in [6, 6.07) is 17.0. The van der Waals surface area contributed by atoms with Crippen LogP contribution in [0.4, 0.5) is 5.69 Å². The number of anilines is 1. The number of aryl methyl sites for hydroxylation is 1. The smallest absolute Gasteiger partial charge is 0.264 e. The fourth-order valence-electron chi connectivity index (χ4n) is 3.87. The molecule has 0 heterocycles. The summed E-state index contributed by atoms with van der Waals surface area (Å²) in [5.74, 6) is -0.930. The summed E-state index contributed by atoms with van der Waals surface area (Å²) in [7, 11) is -4.22. The van der Waals surface area contributed by atoms with Crippen molar-refractivity contribution in [2.75, 3.05) is 10.8 Å². The van der Waals surface area contributed by atoms with Crippen LogP contribution < -0.4 is 9.62 Å². The lowest BCUT2D eigenvalue weighted by molar-refractivity contribution is -0.139. The number of nitrogens with one attached hydrogen (secondary N) is 1. The lowest BCUT2D eigenvalue weighted by atomic mass is 10.1. The van der Waals surface area contributed by atoms with Crippen LogP contribution in [-0.4, -0.2) is 43.8 Å². The van der Waals surface area contributed by atoms with E-state index < -0.39 is 28.5 Å². The van der Waals surface area contributed by atoms with Crippen LogP contribution in [0, 0.1) is 6.92 Å². The van der Waals surface area contributed by atoms with Crippen molar-refractivity contribution < 1.29 is 18.0 Å². The predicted octanol–water partition coefficient (Wildman–Crippen LogP) is 6.20. The van der Waals surface area contributed by atoms with Crippen LogP contribution >= 0.6 is 39.1 Å². The fourth-order valence-corrected chi connectivity index (χ4v) is 6.23. The zero-order valence-corrected chi connectivity index (χ0v) is 25.9. The number of amides is 2. The number of carbonyl (C=O) groups excluding carboxylic acids is 2. The summed E-state index contributed by atoms with van der Waals surface area (Å²) in [4.78, 5) is 28.2. The molecule has 0 aliphatic rings. The van der Waals surface area contributed by atoms with Crippen LogP contribution in [0.1, 0.15) is 31.9 Å². The summed E-state index contributed by atoms with van der Waals surface area (Å²) in [6.45, 7) is 6.61. The van der Waals surface area contributed by atoms with Gasteiger partial charge in [0.2, 0.25) is 11.8 Å². The van der Waals surface area contributed by atoms with E-state index in [9.17, 15) is 18.0 Å². The number of hydrogen-bond donors (Lipinski definition) is 1. The Morgan fingerprint density at radius 1 is 0.949 bits per heavy atom. The zero-order valence-electron chi connectivity index (χ0n) is 22.0. The van der Waals surface area contributed by atoms with Gasteiger partial charge in [0.25, 0.3) is 10.0 Å². The Balaban J connectivity index is 2.07. The van der Waals surface area contributed by atoms with E-state index in [1.54, 1.807) is 19.1 Å². The Morgan fingerprint density at radius 3 is 2.13 bits per heavy atom. The van der Waals surface area contributed by atoms with Crippen LogP contribution in [0.5, 0.6) is 0 Å². The first-order valence-corrected chi connectivity index (χ1v) is 15.2. The molecule has 1 atom stereocenters. The Kier molecular flexibility index (Phi) is 10.5. The quantitative estimate of drug-likeness (QED) is 0.282. The van der Waals surface area contributed by atoms with E-state index >= 15 is 0 Å². The third kappa shape index (κ3) is 8.20. The van der Waals surface area contributed by atoms with Gasteiger partial charge in [0.05, 0.1) is 10.6 Å². The van der Waals surface area contributed by atoms with E-state index in [2.05, 4.69) is 21.2 Å². The maximum Gasteiger partial charge on any atom is 0.264 e. The topological polar surface area (TPSA) is 86.8 Å². The number of hydrogen-bond acceptors (Lipinski definition) is 4. The first-order valence-electron chi connectivity index (χ1n) is 12.2. The number of sulfonamides is 1. The fraction of sp³-hybridized carbons (Fsp3) is 0.286. The van der Waals surface area contributed by atoms with Gasteiger partial charge < -0.3 is 10.2 Å². The van der Waals surface area contributed by atoms with E-state index in [4.69, 9.17) is 23.2 Å². The summed E-state index contributed by atoms with van der Waals surface area (Å²) in [5.41, 5.74) is 1.77. The summed E-state index contributed by atoms with van der Waals surface area (Å²) >= 11 is 15.9. The monoisotopic (exact) mass is 653 g/mol. The van der Waals surface area contributed by atoms with Gasteiger partial charge in [-0.15, -0.1) is 0 Å². The largest absolute Gasteiger partial charge is 0.352 e. The number of carbonyl (C=O) groups is 2. The molecule has 0 aliphatic carbocycles. The molecule has 3 rings (SSSR count). The first-order chi connectivity index (χ1) is 18.3. The van der Waals surface area contributed by atoms with Gasteiger partial charge in [-0.05, 0) is 75.7 Å². The summed E-state index contributed by atoms with van der Waals surface area (Å²) < 4.78 is 29.5. The molecule has 0 bridgehead atoms. The molecule has 39 heavy (non-hydrogen) atoms. The van der Waals surface area contributed by atoms with Gasteiger partial charge in [-0.25, -0.2) is 8.42 Å². The first kappa shape index (κ1) is 30.9. The maximum absolute atomic E-state index is 13.9. The second-order valence-corrected chi connectivity index (χ2v) is 13.1. The molecule has 0 saturated carbocycles. The molecular weight excluding hydrogens is 625 g/mol. The Morgan fingerprint density at radius 2 is 1.56 bits per heavy atom. The van der Waals surface area contributed by atoms with Gasteiger partial charge >= 0.3 is 0 Å². The molecule has 0 radical (unpaired) electrons. The summed E-state index contributed by atoms with van der Waals surface area (Å²) in [6.07, 6.45) is 0. The number of benzene rings is 3. The lowest BCUT2D eigenvalue weighted by Crippen LogP contribution is -2.52. The van der Waals surface area contributed by atoms with Crippen molar-refractivity contribution in [1.82, 2.24) is 10.2 Å². The van der Waals surface area contributed by atoms with Crippen molar-refractivity contribution in [2.45, 2.75) is 51.2 Å². The van der Waals surface area contributed by atoms with Crippen molar-refractivity contribution in [3.8, 4) is 0 Å². The standard InChI is InChI=1S/C28H30BrCl2N3O4S/c1-18(2)32-28(36)20(4)33(16-21-6-5-7-22(29)12-21)27(35)17-34(25-14-23(30)13-24(31)15-25)39(37,38)26-10-8-19(3)9-11-26/h5-15,18,20H,16-17H2,1-4H3,(H,32,36)/t20-/m1/s1. The lowest BCUT2D eigenvalue weighted by Gasteiger charge is -2.32. The SMILES string of the molecule is Cc1ccc(S(=O)(=O)N(CC(=O)N(Cc2cccc(Br)c2)[C@H](C)C(=O)NC(C)C)c2cc(Cl)cc(Cl)c2)cc1. The molecule has 3 aromatic carbocycles. The van der Waals surface area contributed by atoms with Gasteiger partial charge in [-0.1, -0.05) is 69.0 Å². The van der Waals surface area contributed by atoms with E-state index in [-0.39, 0.29) is 39.1 Å². The minimum absolute atomic E-state index is 0.00105. The van der Waals surface area contributed by atoms with Gasteiger partial charge in [0.15, 0.2) is 0 Å². The highest BCUT2D eigenvalue weighted by Crippen LogP contribution is 2.30. The second kappa shape index (κ2) is 13.2. The molecule has 0 saturated heterocycles. The van der Waals surface area contributed by atoms with Gasteiger partial charge in [0, 0.05) is 27.1 Å². The Bertz CT molecular complexity index is 1430. The third-order valence-corrected chi connectivity index (χ3v) is 8.58. The molecule has 2 amide bonds. The molecule has 1 N–H and O–H groups in total. The molecule has 11 heteroatoms. The van der Waals surface area contributed by atoms with E-state index in [1.807, 2.05) is 45.0 Å². The Labute approximate surface area is 248 Å². The van der Waals surface area contributed by atoms with E-state index in [1.165, 1.54) is 35.2 Å². The van der Waals surface area contributed by atoms with Gasteiger partial charge in [0.1, 0.15) is 12.6 Å². The van der Waals surface area contributed by atoms with Crippen molar-refractivity contribution in [1.29, 1.82) is 0 Å². The molecule has 0 fully saturated rings. The minimum Gasteiger partial charge on any atom is -0.352 e. The van der Waals surface area contributed by atoms with Crippen LogP contribution in [0.15, 0.2) is 76.1 Å². The molecule has 0 aromatic heterocycles. The highest BCUT2D eigenvalue weighted by Gasteiger charge is 2.33. The zero-order chi connectivity index (χ0) is 28.9. The van der Waals surface area contributed by atoms with Crippen LogP contribution in [0.2, 0.25) is 10.0 Å². The highest BCUT2D eigenvalue weighted by atomic mass is 79.9. The number of rotatable bonds is 10. The molecular formula is C28H30BrCl2N3O4S. The van der Waals surface area contributed by atoms with E-state index in [0.29, 0.717) is 0 Å². The normalized spacial score (nSPS) is 12.2. The predicted molar refractivity (Wildman–Crippen MR) is 160 cm³/mol. The molecule has 0 unspecified atom stereocenters. The molecule has 7 nitrogen and oxygen atoms in total. The number of halogens is 3. The maximum atomic E-state index is 13.9. The van der Waals surface area contributed by atoms with Crippen molar-refractivity contribution in [3.05, 3.63) is 92.4 Å². The van der Waals surface area contributed by atoms with Crippen molar-refractivity contribution >= 4 is 66.7 Å². The van der Waals surface area contributed by atoms with Gasteiger partial charge in [-0.3, -0.25) is 13.9 Å². The Hall–Kier alpha value is -2.59. The molecule has 208 valence electrons. The second-order valence-electron chi connectivity index (χ2n) is 9.44. The minimum atomic E-state index is -4.22. The van der Waals surface area contributed by atoms with Gasteiger partial charge in [-0.2, -0.15) is 0 Å². The van der Waals surface area contributed by atoms with E-state index in [0.717, 1.165) is 19.9 Å². The average molecular weight is 655 g/mol. The number of nitrogens with zero attached hydrogens (tertiary/aromatic N) is 2. The molecule has 3 aromatic rings. The molecule has 0 aliphatic heterocycles. The van der Waals surface area contributed by atoms with Crippen LogP contribution in [0.3, 0.4) is 0 Å². The van der Waals surface area contributed by atoms with Crippen LogP contribution in [0.25, 0.3) is 0 Å². The average Bonchev–Trinajstić information content (AvgIpc) is 2.84. The van der Waals surface area contributed by atoms with Crippen molar-refractivity contribution in [3.63, 3.8) is 0 Å². The summed E-state index contributed by atoms with van der Waals surface area (Å²) in [5, 5.41) is 3.25.